The van der Waals surface area contributed by atoms with Crippen molar-refractivity contribution in [1.82, 2.24) is 5.32 Å². The first-order valence-corrected chi connectivity index (χ1v) is 9.51. The lowest BCUT2D eigenvalue weighted by Gasteiger charge is -2.19. The van der Waals surface area contributed by atoms with E-state index in [4.69, 9.17) is 14.3 Å². The minimum Gasteiger partial charge on any atom is -0.444 e. The van der Waals surface area contributed by atoms with Crippen molar-refractivity contribution < 1.29 is 24.3 Å². The minimum absolute atomic E-state index is 0.397. The van der Waals surface area contributed by atoms with Crippen molar-refractivity contribution >= 4 is 11.8 Å². The van der Waals surface area contributed by atoms with Crippen LogP contribution in [0.3, 0.4) is 0 Å². The SMILES string of the molecule is Cc1ccc(N(O)OCCCCCOCCCNC(=O)OC(C)(C)C)cc1. The van der Waals surface area contributed by atoms with E-state index < -0.39 is 11.7 Å². The maximum atomic E-state index is 11.4. The third-order valence-corrected chi connectivity index (χ3v) is 3.54. The molecular weight excluding hydrogens is 348 g/mol. The molecule has 7 nitrogen and oxygen atoms in total. The first-order valence-electron chi connectivity index (χ1n) is 9.51. The van der Waals surface area contributed by atoms with Crippen LogP contribution in [0.4, 0.5) is 10.5 Å². The Balaban J connectivity index is 1.90. The second-order valence-electron chi connectivity index (χ2n) is 7.40. The zero-order chi connectivity index (χ0) is 20.1. The van der Waals surface area contributed by atoms with Gasteiger partial charge in [-0.1, -0.05) is 17.7 Å². The monoisotopic (exact) mass is 382 g/mol. The van der Waals surface area contributed by atoms with Gasteiger partial charge in [-0.05, 0) is 65.5 Å². The van der Waals surface area contributed by atoms with Gasteiger partial charge in [0.1, 0.15) is 5.60 Å². The first kappa shape index (κ1) is 23.2. The molecule has 7 heteroatoms. The van der Waals surface area contributed by atoms with Crippen molar-refractivity contribution in [1.29, 1.82) is 0 Å². The zero-order valence-electron chi connectivity index (χ0n) is 17.0. The number of rotatable bonds is 12. The summed E-state index contributed by atoms with van der Waals surface area (Å²) in [7, 11) is 0. The van der Waals surface area contributed by atoms with Crippen LogP contribution in [0.1, 0.15) is 52.0 Å². The number of ether oxygens (including phenoxy) is 2. The molecule has 0 bridgehead atoms. The summed E-state index contributed by atoms with van der Waals surface area (Å²) in [6, 6.07) is 7.45. The Morgan fingerprint density at radius 3 is 2.33 bits per heavy atom. The third-order valence-electron chi connectivity index (χ3n) is 3.54. The number of anilines is 1. The van der Waals surface area contributed by atoms with Gasteiger partial charge in [-0.25, -0.2) is 9.63 Å². The summed E-state index contributed by atoms with van der Waals surface area (Å²) in [6.45, 7) is 9.76. The number of carbonyl (C=O) groups excluding carboxylic acids is 1. The molecular formula is C20H34N2O5. The quantitative estimate of drug-likeness (QED) is 0.416. The van der Waals surface area contributed by atoms with E-state index >= 15 is 0 Å². The van der Waals surface area contributed by atoms with Gasteiger partial charge in [-0.2, -0.15) is 0 Å². The van der Waals surface area contributed by atoms with E-state index in [0.29, 0.717) is 32.1 Å². The second kappa shape index (κ2) is 12.5. The number of nitrogens with one attached hydrogen (secondary N) is 1. The van der Waals surface area contributed by atoms with Gasteiger partial charge < -0.3 is 14.8 Å². The highest BCUT2D eigenvalue weighted by atomic mass is 16.9. The van der Waals surface area contributed by atoms with Crippen LogP contribution in [0.5, 0.6) is 0 Å². The largest absolute Gasteiger partial charge is 0.444 e. The molecule has 1 amide bonds. The molecule has 0 aliphatic heterocycles. The predicted molar refractivity (Wildman–Crippen MR) is 105 cm³/mol. The van der Waals surface area contributed by atoms with E-state index in [-0.39, 0.29) is 0 Å². The molecule has 0 aromatic heterocycles. The van der Waals surface area contributed by atoms with Gasteiger partial charge in [0.05, 0.1) is 12.3 Å². The molecule has 27 heavy (non-hydrogen) atoms. The van der Waals surface area contributed by atoms with Gasteiger partial charge in [0.15, 0.2) is 0 Å². The summed E-state index contributed by atoms with van der Waals surface area (Å²) >= 11 is 0. The standard InChI is InChI=1S/C20H34N2O5/c1-17-9-11-18(12-10-17)22(24)26-16-7-5-6-14-25-15-8-13-21-19(23)27-20(2,3)4/h9-12,24H,5-8,13-16H2,1-4H3,(H,21,23). The Hall–Kier alpha value is -1.83. The molecule has 154 valence electrons. The van der Waals surface area contributed by atoms with Crippen molar-refractivity contribution in [2.24, 2.45) is 0 Å². The van der Waals surface area contributed by atoms with Crippen LogP contribution in [0, 0.1) is 6.92 Å². The van der Waals surface area contributed by atoms with Crippen molar-refractivity contribution in [3.63, 3.8) is 0 Å². The highest BCUT2D eigenvalue weighted by Gasteiger charge is 2.15. The number of unbranched alkanes of at least 4 members (excludes halogenated alkanes) is 2. The second-order valence-corrected chi connectivity index (χ2v) is 7.40. The number of amides is 1. The van der Waals surface area contributed by atoms with Crippen LogP contribution in [-0.2, 0) is 14.3 Å². The highest BCUT2D eigenvalue weighted by Crippen LogP contribution is 2.13. The van der Waals surface area contributed by atoms with E-state index in [1.165, 1.54) is 0 Å². The van der Waals surface area contributed by atoms with Crippen LogP contribution in [0.15, 0.2) is 24.3 Å². The molecule has 0 fully saturated rings. The van der Waals surface area contributed by atoms with Gasteiger partial charge >= 0.3 is 6.09 Å². The molecule has 0 saturated heterocycles. The van der Waals surface area contributed by atoms with Crippen LogP contribution in [-0.4, -0.2) is 43.3 Å². The summed E-state index contributed by atoms with van der Waals surface area (Å²) in [5.41, 5.74) is 1.27. The van der Waals surface area contributed by atoms with Gasteiger partial charge in [0.2, 0.25) is 0 Å². The molecule has 0 spiro atoms. The van der Waals surface area contributed by atoms with E-state index in [0.717, 1.165) is 36.5 Å². The fourth-order valence-electron chi connectivity index (χ4n) is 2.16. The molecule has 2 N–H and O–H groups in total. The number of nitrogens with zero attached hydrogens (tertiary/aromatic N) is 1. The lowest BCUT2D eigenvalue weighted by Crippen LogP contribution is -2.33. The number of hydrogen-bond donors (Lipinski definition) is 2. The van der Waals surface area contributed by atoms with Crippen molar-refractivity contribution in [3.8, 4) is 0 Å². The Labute approximate surface area is 162 Å². The number of hydrogen-bond acceptors (Lipinski definition) is 6. The summed E-state index contributed by atoms with van der Waals surface area (Å²) in [6.07, 6.45) is 3.08. The summed E-state index contributed by atoms with van der Waals surface area (Å²) < 4.78 is 10.7. The zero-order valence-corrected chi connectivity index (χ0v) is 17.0. The number of alkyl carbamates (subject to hydrolysis) is 1. The fraction of sp³-hybridized carbons (Fsp3) is 0.650. The highest BCUT2D eigenvalue weighted by molar-refractivity contribution is 5.67. The van der Waals surface area contributed by atoms with Gasteiger partial charge in [-0.3, -0.25) is 5.21 Å². The third kappa shape index (κ3) is 12.2. The Morgan fingerprint density at radius 1 is 1.04 bits per heavy atom. The van der Waals surface area contributed by atoms with Crippen LogP contribution in [0.2, 0.25) is 0 Å². The smallest absolute Gasteiger partial charge is 0.407 e. The van der Waals surface area contributed by atoms with E-state index in [1.807, 2.05) is 39.8 Å². The maximum absolute atomic E-state index is 11.4. The maximum Gasteiger partial charge on any atom is 0.407 e. The number of aryl methyl sites for hydroxylation is 1. The topological polar surface area (TPSA) is 80.3 Å². The van der Waals surface area contributed by atoms with E-state index in [2.05, 4.69) is 5.32 Å². The molecule has 0 heterocycles. The van der Waals surface area contributed by atoms with Crippen LogP contribution in [0.25, 0.3) is 0 Å². The Bertz CT molecular complexity index is 528. The average molecular weight is 383 g/mol. The molecule has 1 rings (SSSR count). The van der Waals surface area contributed by atoms with Gasteiger partial charge in [0.25, 0.3) is 0 Å². The molecule has 0 aliphatic carbocycles. The molecule has 1 aromatic carbocycles. The molecule has 0 saturated carbocycles. The Kier molecular flexibility index (Phi) is 10.8. The Morgan fingerprint density at radius 2 is 1.67 bits per heavy atom. The molecule has 0 atom stereocenters. The lowest BCUT2D eigenvalue weighted by atomic mass is 10.2. The number of carbonyl (C=O) groups is 1. The van der Waals surface area contributed by atoms with Crippen molar-refractivity contribution in [3.05, 3.63) is 29.8 Å². The summed E-state index contributed by atoms with van der Waals surface area (Å²) in [5.74, 6) is 0. The average Bonchev–Trinajstić information content (AvgIpc) is 2.58. The number of benzene rings is 1. The predicted octanol–water partition coefficient (Wildman–Crippen LogP) is 4.22. The lowest BCUT2D eigenvalue weighted by molar-refractivity contribution is -0.0425. The summed E-state index contributed by atoms with van der Waals surface area (Å²) in [5, 5.41) is 13.3. The van der Waals surface area contributed by atoms with E-state index in [1.54, 1.807) is 12.1 Å². The molecule has 1 aromatic rings. The summed E-state index contributed by atoms with van der Waals surface area (Å²) in [4.78, 5) is 16.7. The van der Waals surface area contributed by atoms with Crippen molar-refractivity contribution in [2.45, 2.75) is 59.0 Å². The first-order chi connectivity index (χ1) is 12.8. The van der Waals surface area contributed by atoms with Crippen LogP contribution < -0.4 is 10.5 Å². The van der Waals surface area contributed by atoms with Gasteiger partial charge in [0, 0.05) is 19.8 Å². The normalized spacial score (nSPS) is 11.3. The molecule has 0 aliphatic rings. The minimum atomic E-state index is -0.475. The van der Waals surface area contributed by atoms with Crippen LogP contribution >= 0.6 is 0 Å². The van der Waals surface area contributed by atoms with Gasteiger partial charge in [-0.15, -0.1) is 5.23 Å². The van der Waals surface area contributed by atoms with E-state index in [9.17, 15) is 10.0 Å². The fourth-order valence-corrected chi connectivity index (χ4v) is 2.16. The van der Waals surface area contributed by atoms with Crippen molar-refractivity contribution in [2.75, 3.05) is 31.6 Å². The molecule has 0 unspecified atom stereocenters. The molecule has 0 radical (unpaired) electrons.